The fraction of sp³-hybridized carbons (Fsp3) is 0.900. The number of nitrogens with zero attached hydrogens (tertiary/aromatic N) is 2. The largest absolute Gasteiger partial charge is 0.351 e. The van der Waals surface area contributed by atoms with Gasteiger partial charge in [0.05, 0.1) is 6.54 Å². The third-order valence-corrected chi connectivity index (χ3v) is 3.65. The lowest BCUT2D eigenvalue weighted by Crippen LogP contribution is -2.51. The van der Waals surface area contributed by atoms with E-state index in [-0.39, 0.29) is 11.3 Å². The molecule has 1 aliphatic rings. The Hall–Kier alpha value is -0.520. The third-order valence-electron chi connectivity index (χ3n) is 2.35. The summed E-state index contributed by atoms with van der Waals surface area (Å²) in [7, 11) is 1.63. The molecule has 16 heavy (non-hydrogen) atoms. The molecule has 0 bridgehead atoms. The Kier molecular flexibility index (Phi) is 4.83. The number of hydrogen-bond acceptors (Lipinski definition) is 2. The topological polar surface area (TPSA) is 27.6 Å². The summed E-state index contributed by atoms with van der Waals surface area (Å²) in [6.45, 7) is 5.67. The van der Waals surface area contributed by atoms with E-state index in [0.717, 1.165) is 18.8 Å². The van der Waals surface area contributed by atoms with E-state index < -0.39 is 6.43 Å². The van der Waals surface area contributed by atoms with Gasteiger partial charge < -0.3 is 10.2 Å². The highest BCUT2D eigenvalue weighted by Crippen LogP contribution is 2.29. The summed E-state index contributed by atoms with van der Waals surface area (Å²) in [5.74, 6) is 1.58. The Morgan fingerprint density at radius 2 is 2.25 bits per heavy atom. The Bertz CT molecular complexity index is 256. The van der Waals surface area contributed by atoms with Crippen molar-refractivity contribution in [2.24, 2.45) is 4.99 Å². The normalized spacial score (nSPS) is 21.4. The molecular weight excluding hydrogens is 232 g/mol. The summed E-state index contributed by atoms with van der Waals surface area (Å²) < 4.78 is 24.4. The van der Waals surface area contributed by atoms with Gasteiger partial charge >= 0.3 is 0 Å². The highest BCUT2D eigenvalue weighted by atomic mass is 32.2. The highest BCUT2D eigenvalue weighted by molar-refractivity contribution is 8.00. The van der Waals surface area contributed by atoms with Gasteiger partial charge in [-0.25, -0.2) is 8.78 Å². The van der Waals surface area contributed by atoms with Crippen LogP contribution in [-0.2, 0) is 0 Å². The number of alkyl halides is 2. The molecule has 0 spiro atoms. The molecule has 1 aliphatic heterocycles. The molecule has 0 aromatic rings. The molecule has 0 atom stereocenters. The van der Waals surface area contributed by atoms with Gasteiger partial charge in [0.1, 0.15) is 0 Å². The summed E-state index contributed by atoms with van der Waals surface area (Å²) >= 11 is 1.90. The van der Waals surface area contributed by atoms with Crippen LogP contribution in [0.5, 0.6) is 0 Å². The minimum absolute atomic E-state index is 0.153. The van der Waals surface area contributed by atoms with Crippen LogP contribution in [0.15, 0.2) is 4.99 Å². The monoisotopic (exact) mass is 251 g/mol. The number of halogens is 2. The molecule has 1 heterocycles. The summed E-state index contributed by atoms with van der Waals surface area (Å²) in [5.41, 5.74) is 0. The van der Waals surface area contributed by atoms with Crippen molar-refractivity contribution in [3.05, 3.63) is 0 Å². The molecule has 0 saturated carbocycles. The molecule has 0 aromatic heterocycles. The van der Waals surface area contributed by atoms with Crippen LogP contribution in [0.3, 0.4) is 0 Å². The van der Waals surface area contributed by atoms with Gasteiger partial charge in [0.2, 0.25) is 0 Å². The van der Waals surface area contributed by atoms with Crippen LogP contribution in [0.25, 0.3) is 0 Å². The maximum absolute atomic E-state index is 12.1. The maximum Gasteiger partial charge on any atom is 0.255 e. The maximum atomic E-state index is 12.1. The number of nitrogens with one attached hydrogen (secondary N) is 1. The molecule has 1 saturated heterocycles. The Balaban J connectivity index is 2.53. The molecule has 1 N–H and O–H groups in total. The van der Waals surface area contributed by atoms with Gasteiger partial charge in [-0.1, -0.05) is 0 Å². The third kappa shape index (κ3) is 4.15. The van der Waals surface area contributed by atoms with Gasteiger partial charge in [0, 0.05) is 30.6 Å². The fourth-order valence-corrected chi connectivity index (χ4v) is 2.81. The second kappa shape index (κ2) is 5.70. The van der Waals surface area contributed by atoms with Crippen LogP contribution in [0, 0.1) is 0 Å². The van der Waals surface area contributed by atoms with E-state index in [0.29, 0.717) is 5.96 Å². The van der Waals surface area contributed by atoms with E-state index in [4.69, 9.17) is 0 Å². The Morgan fingerprint density at radius 1 is 1.56 bits per heavy atom. The standard InChI is InChI=1S/C10H19F2N3S/c1-10(2)7-15(4-5-16-10)9(13-3)14-6-8(11)12/h8H,4-7H2,1-3H3,(H,13,14). The van der Waals surface area contributed by atoms with E-state index in [1.807, 2.05) is 16.7 Å². The number of thioether (sulfide) groups is 1. The molecule has 1 rings (SSSR count). The van der Waals surface area contributed by atoms with E-state index in [2.05, 4.69) is 24.2 Å². The average molecular weight is 251 g/mol. The van der Waals surface area contributed by atoms with Gasteiger partial charge in [-0.05, 0) is 13.8 Å². The predicted octanol–water partition coefficient (Wildman–Crippen LogP) is 1.65. The van der Waals surface area contributed by atoms with Crippen molar-refractivity contribution in [2.45, 2.75) is 25.0 Å². The molecular formula is C10H19F2N3S. The van der Waals surface area contributed by atoms with Crippen LogP contribution in [-0.4, -0.2) is 54.5 Å². The van der Waals surface area contributed by atoms with E-state index in [1.54, 1.807) is 7.05 Å². The first kappa shape index (κ1) is 13.5. The summed E-state index contributed by atoms with van der Waals surface area (Å²) in [4.78, 5) is 6.08. The molecule has 0 aliphatic carbocycles. The van der Waals surface area contributed by atoms with Crippen LogP contribution in [0.4, 0.5) is 8.78 Å². The summed E-state index contributed by atoms with van der Waals surface area (Å²) in [6, 6.07) is 0. The quantitative estimate of drug-likeness (QED) is 0.597. The molecule has 94 valence electrons. The molecule has 0 amide bonds. The molecule has 0 aromatic carbocycles. The van der Waals surface area contributed by atoms with Crippen molar-refractivity contribution in [1.29, 1.82) is 0 Å². The van der Waals surface area contributed by atoms with Gasteiger partial charge in [-0.3, -0.25) is 4.99 Å². The predicted molar refractivity (Wildman–Crippen MR) is 65.5 cm³/mol. The van der Waals surface area contributed by atoms with Gasteiger partial charge in [0.25, 0.3) is 6.43 Å². The lowest BCUT2D eigenvalue weighted by Gasteiger charge is -2.39. The van der Waals surface area contributed by atoms with E-state index in [9.17, 15) is 8.78 Å². The first-order valence-electron chi connectivity index (χ1n) is 5.32. The number of aliphatic imine (C=N–C) groups is 1. The first-order chi connectivity index (χ1) is 7.44. The minimum Gasteiger partial charge on any atom is -0.351 e. The van der Waals surface area contributed by atoms with Crippen molar-refractivity contribution in [3.8, 4) is 0 Å². The average Bonchev–Trinajstić information content (AvgIpc) is 2.16. The summed E-state index contributed by atoms with van der Waals surface area (Å²) in [6.07, 6.45) is -2.34. The minimum atomic E-state index is -2.34. The van der Waals surface area contributed by atoms with Gasteiger partial charge in [0.15, 0.2) is 5.96 Å². The van der Waals surface area contributed by atoms with Crippen molar-refractivity contribution in [1.82, 2.24) is 10.2 Å². The van der Waals surface area contributed by atoms with Crippen molar-refractivity contribution in [3.63, 3.8) is 0 Å². The van der Waals surface area contributed by atoms with Gasteiger partial charge in [-0.15, -0.1) is 0 Å². The zero-order valence-electron chi connectivity index (χ0n) is 9.96. The van der Waals surface area contributed by atoms with E-state index >= 15 is 0 Å². The van der Waals surface area contributed by atoms with Crippen molar-refractivity contribution < 1.29 is 8.78 Å². The Morgan fingerprint density at radius 3 is 2.75 bits per heavy atom. The lowest BCUT2D eigenvalue weighted by molar-refractivity contribution is 0.150. The van der Waals surface area contributed by atoms with Crippen LogP contribution < -0.4 is 5.32 Å². The Labute approximate surface area is 99.7 Å². The number of guanidine groups is 1. The molecule has 6 heteroatoms. The zero-order chi connectivity index (χ0) is 12.2. The summed E-state index contributed by atoms with van der Waals surface area (Å²) in [5, 5.41) is 2.69. The van der Waals surface area contributed by atoms with E-state index in [1.165, 1.54) is 0 Å². The van der Waals surface area contributed by atoms with Crippen LogP contribution in [0.1, 0.15) is 13.8 Å². The van der Waals surface area contributed by atoms with Crippen molar-refractivity contribution >= 4 is 17.7 Å². The molecule has 1 fully saturated rings. The van der Waals surface area contributed by atoms with Gasteiger partial charge in [-0.2, -0.15) is 11.8 Å². The van der Waals surface area contributed by atoms with Crippen molar-refractivity contribution in [2.75, 3.05) is 32.4 Å². The van der Waals surface area contributed by atoms with Crippen LogP contribution in [0.2, 0.25) is 0 Å². The number of hydrogen-bond donors (Lipinski definition) is 1. The highest BCUT2D eigenvalue weighted by Gasteiger charge is 2.28. The molecule has 0 unspecified atom stereocenters. The second-order valence-corrected chi connectivity index (χ2v) is 6.15. The number of rotatable bonds is 2. The molecule has 3 nitrogen and oxygen atoms in total. The zero-order valence-corrected chi connectivity index (χ0v) is 10.8. The second-order valence-electron chi connectivity index (χ2n) is 4.35. The SMILES string of the molecule is CN=C(NCC(F)F)N1CCSC(C)(C)C1. The first-order valence-corrected chi connectivity index (χ1v) is 6.31. The lowest BCUT2D eigenvalue weighted by atomic mass is 10.2. The smallest absolute Gasteiger partial charge is 0.255 e. The fourth-order valence-electron chi connectivity index (χ4n) is 1.70. The molecule has 0 radical (unpaired) electrons. The van der Waals surface area contributed by atoms with Crippen LogP contribution >= 0.6 is 11.8 Å².